The Morgan fingerprint density at radius 3 is 2.38 bits per heavy atom. The molecule has 3 rings (SSSR count). The molecule has 0 heterocycles. The highest BCUT2D eigenvalue weighted by molar-refractivity contribution is 5.71. The van der Waals surface area contributed by atoms with Crippen molar-refractivity contribution in [1.29, 1.82) is 0 Å². The summed E-state index contributed by atoms with van der Waals surface area (Å²) in [5.74, 6) is 0.0734. The molecule has 0 aliphatic rings. The molecule has 0 radical (unpaired) electrons. The van der Waals surface area contributed by atoms with Crippen LogP contribution < -0.4 is 9.47 Å². The van der Waals surface area contributed by atoms with Gasteiger partial charge in [0.25, 0.3) is 0 Å². The predicted octanol–water partition coefficient (Wildman–Crippen LogP) is 8.56. The van der Waals surface area contributed by atoms with Crippen molar-refractivity contribution in [1.82, 2.24) is 0 Å². The molecule has 210 valence electrons. The monoisotopic (exact) mass is 536 g/mol. The van der Waals surface area contributed by atoms with Crippen molar-refractivity contribution in [2.24, 2.45) is 5.41 Å². The van der Waals surface area contributed by atoms with Crippen LogP contribution in [0.5, 0.6) is 11.5 Å². The molecule has 0 fully saturated rings. The molecule has 0 saturated heterocycles. The van der Waals surface area contributed by atoms with E-state index in [4.69, 9.17) is 14.2 Å². The first-order valence-electron chi connectivity index (χ1n) is 13.6. The average Bonchev–Trinajstić information content (AvgIpc) is 2.92. The Kier molecular flexibility index (Phi) is 10.5. The van der Waals surface area contributed by atoms with Crippen molar-refractivity contribution in [2.45, 2.75) is 72.0 Å². The maximum absolute atomic E-state index is 15.1. The summed E-state index contributed by atoms with van der Waals surface area (Å²) in [7, 11) is 3.25. The first-order chi connectivity index (χ1) is 18.6. The molecule has 0 saturated carbocycles. The van der Waals surface area contributed by atoms with Crippen LogP contribution in [-0.4, -0.2) is 25.3 Å². The number of methoxy groups -OCH3 is 2. The maximum Gasteiger partial charge on any atom is 0.303 e. The molecule has 3 aromatic rings. The molecule has 0 amide bonds. The second-order valence-corrected chi connectivity index (χ2v) is 10.7. The summed E-state index contributed by atoms with van der Waals surface area (Å²) >= 11 is 0. The summed E-state index contributed by atoms with van der Waals surface area (Å²) in [6, 6.07) is 18.3. The highest BCUT2D eigenvalue weighted by Crippen LogP contribution is 2.44. The van der Waals surface area contributed by atoms with Crippen molar-refractivity contribution >= 4 is 5.97 Å². The molecule has 39 heavy (non-hydrogen) atoms. The van der Waals surface area contributed by atoms with Crippen LogP contribution in [0.15, 0.2) is 60.7 Å². The van der Waals surface area contributed by atoms with Crippen molar-refractivity contribution in [3.8, 4) is 22.6 Å². The van der Waals surface area contributed by atoms with Gasteiger partial charge in [0.05, 0.1) is 19.6 Å². The molecule has 0 spiro atoms. The number of halogens is 1. The van der Waals surface area contributed by atoms with Gasteiger partial charge in [0.1, 0.15) is 23.9 Å². The van der Waals surface area contributed by atoms with Crippen LogP contribution in [0.3, 0.4) is 0 Å². The minimum atomic E-state index is -0.803. The van der Waals surface area contributed by atoms with Gasteiger partial charge in [0.2, 0.25) is 0 Å². The standard InChI is InChI=1S/C33H41FO5/c1-7-10-23(19-31(35)36)24-11-9-12-26(18-24)39-21-22-13-15-27(28-20-25(37-5)14-16-30(28)34)29(17-22)32(38-6)33(3,4)8-2/h9,11-18,20,23,32H,7-8,10,19,21H2,1-6H3,(H,35,36)/t23-,32-/m0/s1. The fourth-order valence-electron chi connectivity index (χ4n) is 5.03. The zero-order chi connectivity index (χ0) is 28.6. The molecule has 0 aliphatic carbocycles. The number of carboxylic acid groups (broad SMARTS) is 1. The highest BCUT2D eigenvalue weighted by Gasteiger charge is 2.32. The van der Waals surface area contributed by atoms with E-state index in [1.807, 2.05) is 42.5 Å². The van der Waals surface area contributed by atoms with Crippen molar-refractivity contribution in [3.05, 3.63) is 83.2 Å². The summed E-state index contributed by atoms with van der Waals surface area (Å²) in [6.45, 7) is 8.77. The first-order valence-corrected chi connectivity index (χ1v) is 13.6. The SMILES string of the molecule is CCC[C@@H](CC(=O)O)c1cccc(OCc2ccc(-c3cc(OC)ccc3F)c([C@H](OC)C(C)(C)CC)c2)c1. The zero-order valence-corrected chi connectivity index (χ0v) is 23.9. The molecule has 3 aromatic carbocycles. The van der Waals surface area contributed by atoms with Crippen LogP contribution in [0, 0.1) is 11.2 Å². The minimum absolute atomic E-state index is 0.0570. The number of hydrogen-bond acceptors (Lipinski definition) is 4. The van der Waals surface area contributed by atoms with Gasteiger partial charge in [-0.15, -0.1) is 0 Å². The Morgan fingerprint density at radius 1 is 0.974 bits per heavy atom. The lowest BCUT2D eigenvalue weighted by Crippen LogP contribution is -2.24. The minimum Gasteiger partial charge on any atom is -0.497 e. The highest BCUT2D eigenvalue weighted by atomic mass is 19.1. The van der Waals surface area contributed by atoms with Gasteiger partial charge in [0.15, 0.2) is 0 Å². The molecular weight excluding hydrogens is 495 g/mol. The lowest BCUT2D eigenvalue weighted by Gasteiger charge is -2.34. The molecule has 1 N–H and O–H groups in total. The molecule has 0 bridgehead atoms. The van der Waals surface area contributed by atoms with Gasteiger partial charge in [-0.25, -0.2) is 4.39 Å². The Hall–Kier alpha value is -3.38. The topological polar surface area (TPSA) is 65.0 Å². The molecule has 0 aromatic heterocycles. The predicted molar refractivity (Wildman–Crippen MR) is 153 cm³/mol. The summed E-state index contributed by atoms with van der Waals surface area (Å²) in [6.07, 6.45) is 2.38. The summed E-state index contributed by atoms with van der Waals surface area (Å²) in [5, 5.41) is 9.34. The van der Waals surface area contributed by atoms with E-state index in [1.165, 1.54) is 6.07 Å². The molecular formula is C33H41FO5. The van der Waals surface area contributed by atoms with Crippen LogP contribution >= 0.6 is 0 Å². The number of aliphatic carboxylic acids is 1. The van der Waals surface area contributed by atoms with Gasteiger partial charge in [-0.2, -0.15) is 0 Å². The van der Waals surface area contributed by atoms with Crippen LogP contribution in [0.25, 0.3) is 11.1 Å². The quantitative estimate of drug-likeness (QED) is 0.224. The second-order valence-electron chi connectivity index (χ2n) is 10.7. The average molecular weight is 537 g/mol. The van der Waals surface area contributed by atoms with Crippen molar-refractivity contribution < 1.29 is 28.5 Å². The second kappa shape index (κ2) is 13.6. The number of rotatable bonds is 14. The molecule has 6 heteroatoms. The van der Waals surface area contributed by atoms with Gasteiger partial charge in [-0.1, -0.05) is 58.4 Å². The van der Waals surface area contributed by atoms with Gasteiger partial charge in [-0.3, -0.25) is 4.79 Å². The largest absolute Gasteiger partial charge is 0.497 e. The normalized spacial score (nSPS) is 13.1. The lowest BCUT2D eigenvalue weighted by atomic mass is 9.77. The molecule has 0 unspecified atom stereocenters. The van der Waals surface area contributed by atoms with Crippen LogP contribution in [0.1, 0.15) is 82.1 Å². The lowest BCUT2D eigenvalue weighted by molar-refractivity contribution is -0.137. The van der Waals surface area contributed by atoms with E-state index in [-0.39, 0.29) is 29.7 Å². The molecule has 2 atom stereocenters. The van der Waals surface area contributed by atoms with Crippen LogP contribution in [0.2, 0.25) is 0 Å². The number of ether oxygens (including phenoxy) is 3. The van der Waals surface area contributed by atoms with Gasteiger partial charge < -0.3 is 19.3 Å². The Labute approximate surface area is 231 Å². The third-order valence-electron chi connectivity index (χ3n) is 7.51. The van der Waals surface area contributed by atoms with E-state index in [0.717, 1.165) is 41.5 Å². The van der Waals surface area contributed by atoms with E-state index >= 15 is 4.39 Å². The Morgan fingerprint density at radius 2 is 1.74 bits per heavy atom. The van der Waals surface area contributed by atoms with E-state index in [1.54, 1.807) is 26.4 Å². The van der Waals surface area contributed by atoms with E-state index in [0.29, 0.717) is 23.7 Å². The number of hydrogen-bond donors (Lipinski definition) is 1. The summed E-state index contributed by atoms with van der Waals surface area (Å²) in [5.41, 5.74) is 3.78. The van der Waals surface area contributed by atoms with E-state index < -0.39 is 5.97 Å². The fourth-order valence-corrected chi connectivity index (χ4v) is 5.03. The zero-order valence-electron chi connectivity index (χ0n) is 23.9. The summed E-state index contributed by atoms with van der Waals surface area (Å²) < 4.78 is 32.6. The van der Waals surface area contributed by atoms with E-state index in [2.05, 4.69) is 27.7 Å². The third-order valence-corrected chi connectivity index (χ3v) is 7.51. The maximum atomic E-state index is 15.1. The number of benzene rings is 3. The Balaban J connectivity index is 1.97. The Bertz CT molecular complexity index is 1250. The van der Waals surface area contributed by atoms with Crippen LogP contribution in [0.4, 0.5) is 4.39 Å². The van der Waals surface area contributed by atoms with E-state index in [9.17, 15) is 9.90 Å². The number of carbonyl (C=O) groups is 1. The fraction of sp³-hybridized carbons (Fsp3) is 0.424. The van der Waals surface area contributed by atoms with Gasteiger partial charge >= 0.3 is 5.97 Å². The van der Waals surface area contributed by atoms with Gasteiger partial charge in [-0.05, 0) is 82.8 Å². The molecule has 0 aliphatic heterocycles. The number of carboxylic acids is 1. The first kappa shape index (κ1) is 30.2. The third kappa shape index (κ3) is 7.60. The van der Waals surface area contributed by atoms with Gasteiger partial charge in [0, 0.05) is 12.7 Å². The van der Waals surface area contributed by atoms with Crippen LogP contribution in [-0.2, 0) is 16.1 Å². The van der Waals surface area contributed by atoms with Crippen molar-refractivity contribution in [2.75, 3.05) is 14.2 Å². The smallest absolute Gasteiger partial charge is 0.303 e. The summed E-state index contributed by atoms with van der Waals surface area (Å²) in [4.78, 5) is 11.4. The molecule has 5 nitrogen and oxygen atoms in total. The van der Waals surface area contributed by atoms with Crippen molar-refractivity contribution in [3.63, 3.8) is 0 Å².